The van der Waals surface area contributed by atoms with Crippen molar-refractivity contribution in [1.82, 2.24) is 9.97 Å². The van der Waals surface area contributed by atoms with Crippen LogP contribution in [0.2, 0.25) is 0 Å². The summed E-state index contributed by atoms with van der Waals surface area (Å²) in [5, 5.41) is 6.08. The second-order valence-electron chi connectivity index (χ2n) is 8.29. The van der Waals surface area contributed by atoms with Crippen LogP contribution < -0.4 is 10.1 Å². The first-order chi connectivity index (χ1) is 15.6. The summed E-state index contributed by atoms with van der Waals surface area (Å²) in [5.74, 6) is 1.93. The zero-order valence-corrected chi connectivity index (χ0v) is 18.6. The normalized spacial score (nSPS) is 12.2. The Labute approximate surface area is 188 Å². The number of aromatic amines is 1. The Hall–Kier alpha value is -3.79. The van der Waals surface area contributed by atoms with Crippen molar-refractivity contribution in [3.63, 3.8) is 0 Å². The van der Waals surface area contributed by atoms with Gasteiger partial charge in [0, 0.05) is 34.9 Å². The molecule has 2 N–H and O–H groups in total. The molecule has 32 heavy (non-hydrogen) atoms. The molecule has 4 heteroatoms. The van der Waals surface area contributed by atoms with Gasteiger partial charge in [-0.05, 0) is 60.4 Å². The molecular formula is C28H27N3O. The molecule has 160 valence electrons. The number of para-hydroxylation sites is 2. The molecule has 0 aliphatic carbocycles. The van der Waals surface area contributed by atoms with Crippen molar-refractivity contribution < 1.29 is 4.74 Å². The maximum absolute atomic E-state index is 5.37. The van der Waals surface area contributed by atoms with E-state index in [1.54, 1.807) is 7.11 Å². The molecule has 0 amide bonds. The largest absolute Gasteiger partial charge is 0.497 e. The van der Waals surface area contributed by atoms with Gasteiger partial charge in [-0.3, -0.25) is 0 Å². The van der Waals surface area contributed by atoms with Crippen molar-refractivity contribution in [2.45, 2.75) is 19.8 Å². The van der Waals surface area contributed by atoms with Crippen LogP contribution in [-0.4, -0.2) is 23.6 Å². The lowest BCUT2D eigenvalue weighted by molar-refractivity contribution is 0.414. The van der Waals surface area contributed by atoms with Gasteiger partial charge in [-0.25, -0.2) is 4.98 Å². The van der Waals surface area contributed by atoms with Crippen LogP contribution in [0.1, 0.15) is 28.2 Å². The first-order valence-electron chi connectivity index (χ1n) is 10.9. The quantitative estimate of drug-likeness (QED) is 0.325. The fourth-order valence-electron chi connectivity index (χ4n) is 4.48. The van der Waals surface area contributed by atoms with Crippen LogP contribution in [0.5, 0.6) is 5.75 Å². The SMILES string of the molecule is COc1ccc(C(CNc2cc(C)c3cccc(C)c3n2)c2c[nH]c3ccccc23)cc1. The molecule has 5 rings (SSSR count). The van der Waals surface area contributed by atoms with E-state index in [1.807, 2.05) is 12.1 Å². The predicted molar refractivity (Wildman–Crippen MR) is 133 cm³/mol. The topological polar surface area (TPSA) is 49.9 Å². The third kappa shape index (κ3) is 3.69. The van der Waals surface area contributed by atoms with Gasteiger partial charge < -0.3 is 15.0 Å². The standard InChI is InChI=1S/C28H27N3O/c1-18-7-6-9-22-19(2)15-27(31-28(18)22)30-16-24(20-11-13-21(32-3)14-12-20)25-17-29-26-10-5-4-8-23(25)26/h4-15,17,24,29H,16H2,1-3H3,(H,30,31). The fourth-order valence-corrected chi connectivity index (χ4v) is 4.48. The van der Waals surface area contributed by atoms with E-state index in [9.17, 15) is 0 Å². The molecule has 0 fully saturated rings. The van der Waals surface area contributed by atoms with Crippen LogP contribution in [0.4, 0.5) is 5.82 Å². The van der Waals surface area contributed by atoms with E-state index in [-0.39, 0.29) is 5.92 Å². The van der Waals surface area contributed by atoms with Crippen LogP contribution in [0.25, 0.3) is 21.8 Å². The van der Waals surface area contributed by atoms with Crippen molar-refractivity contribution in [2.75, 3.05) is 19.0 Å². The molecule has 5 aromatic rings. The Kier molecular flexibility index (Phi) is 5.28. The van der Waals surface area contributed by atoms with Gasteiger partial charge in [-0.2, -0.15) is 0 Å². The molecule has 0 radical (unpaired) electrons. The minimum absolute atomic E-state index is 0.159. The molecule has 1 atom stereocenters. The summed E-state index contributed by atoms with van der Waals surface area (Å²) < 4.78 is 5.37. The maximum atomic E-state index is 5.37. The lowest BCUT2D eigenvalue weighted by atomic mass is 9.90. The number of anilines is 1. The highest BCUT2D eigenvalue weighted by Gasteiger charge is 2.19. The number of aromatic nitrogens is 2. The van der Waals surface area contributed by atoms with Gasteiger partial charge in [-0.15, -0.1) is 0 Å². The van der Waals surface area contributed by atoms with Gasteiger partial charge in [-0.1, -0.05) is 48.5 Å². The van der Waals surface area contributed by atoms with Gasteiger partial charge in [0.2, 0.25) is 0 Å². The maximum Gasteiger partial charge on any atom is 0.126 e. The number of benzene rings is 3. The first-order valence-corrected chi connectivity index (χ1v) is 10.9. The Morgan fingerprint density at radius 3 is 2.50 bits per heavy atom. The van der Waals surface area contributed by atoms with Crippen LogP contribution in [0.3, 0.4) is 0 Å². The summed E-state index contributed by atoms with van der Waals surface area (Å²) in [6.45, 7) is 5.00. The third-order valence-corrected chi connectivity index (χ3v) is 6.25. The average Bonchev–Trinajstić information content (AvgIpc) is 3.24. The van der Waals surface area contributed by atoms with Crippen LogP contribution >= 0.6 is 0 Å². The summed E-state index contributed by atoms with van der Waals surface area (Å²) >= 11 is 0. The van der Waals surface area contributed by atoms with E-state index >= 15 is 0 Å². The zero-order valence-electron chi connectivity index (χ0n) is 18.6. The number of hydrogen-bond donors (Lipinski definition) is 2. The Balaban J connectivity index is 1.52. The number of rotatable bonds is 6. The van der Waals surface area contributed by atoms with E-state index < -0.39 is 0 Å². The molecule has 0 aliphatic rings. The third-order valence-electron chi connectivity index (χ3n) is 6.25. The Morgan fingerprint density at radius 2 is 1.69 bits per heavy atom. The molecule has 3 aromatic carbocycles. The fraction of sp³-hybridized carbons (Fsp3) is 0.179. The summed E-state index contributed by atoms with van der Waals surface area (Å²) in [5.41, 5.74) is 7.13. The number of nitrogens with one attached hydrogen (secondary N) is 2. The van der Waals surface area contributed by atoms with E-state index in [2.05, 4.69) is 91.0 Å². The van der Waals surface area contributed by atoms with Crippen molar-refractivity contribution in [3.8, 4) is 5.75 Å². The molecule has 0 spiro atoms. The van der Waals surface area contributed by atoms with Gasteiger partial charge in [0.15, 0.2) is 0 Å². The molecule has 2 aromatic heterocycles. The van der Waals surface area contributed by atoms with Gasteiger partial charge in [0.25, 0.3) is 0 Å². The second kappa shape index (κ2) is 8.39. The summed E-state index contributed by atoms with van der Waals surface area (Å²) in [6.07, 6.45) is 2.13. The van der Waals surface area contributed by atoms with Crippen LogP contribution in [-0.2, 0) is 0 Å². The summed E-state index contributed by atoms with van der Waals surface area (Å²) in [6, 6.07) is 25.3. The molecular weight excluding hydrogens is 394 g/mol. The van der Waals surface area contributed by atoms with Crippen molar-refractivity contribution in [2.24, 2.45) is 0 Å². The van der Waals surface area contributed by atoms with Crippen LogP contribution in [0, 0.1) is 13.8 Å². The molecule has 1 unspecified atom stereocenters. The van der Waals surface area contributed by atoms with Gasteiger partial charge in [0.1, 0.15) is 11.6 Å². The Morgan fingerprint density at radius 1 is 0.906 bits per heavy atom. The number of fused-ring (bicyclic) bond motifs is 2. The van der Waals surface area contributed by atoms with Crippen molar-refractivity contribution >= 4 is 27.6 Å². The predicted octanol–water partition coefficient (Wildman–Crippen LogP) is 6.59. The molecule has 0 saturated carbocycles. The molecule has 0 aliphatic heterocycles. The van der Waals surface area contributed by atoms with Crippen molar-refractivity contribution in [1.29, 1.82) is 0 Å². The minimum Gasteiger partial charge on any atom is -0.497 e. The van der Waals surface area contributed by atoms with Crippen molar-refractivity contribution in [3.05, 3.63) is 101 Å². The molecule has 2 heterocycles. The Bertz CT molecular complexity index is 1390. The van der Waals surface area contributed by atoms with Crippen LogP contribution in [0.15, 0.2) is 79.0 Å². The second-order valence-corrected chi connectivity index (χ2v) is 8.29. The molecule has 0 bridgehead atoms. The molecule has 0 saturated heterocycles. The monoisotopic (exact) mass is 421 g/mol. The number of pyridine rings is 1. The highest BCUT2D eigenvalue weighted by Crippen LogP contribution is 2.32. The highest BCUT2D eigenvalue weighted by molar-refractivity contribution is 5.86. The lowest BCUT2D eigenvalue weighted by Gasteiger charge is -2.19. The molecule has 4 nitrogen and oxygen atoms in total. The van der Waals surface area contributed by atoms with Gasteiger partial charge >= 0.3 is 0 Å². The number of methoxy groups -OCH3 is 1. The average molecular weight is 422 g/mol. The summed E-state index contributed by atoms with van der Waals surface area (Å²) in [7, 11) is 1.70. The number of H-pyrrole nitrogens is 1. The minimum atomic E-state index is 0.159. The van der Waals surface area contributed by atoms with E-state index in [0.717, 1.165) is 29.1 Å². The smallest absolute Gasteiger partial charge is 0.126 e. The lowest BCUT2D eigenvalue weighted by Crippen LogP contribution is -2.15. The van der Waals surface area contributed by atoms with Gasteiger partial charge in [0.05, 0.1) is 12.6 Å². The first kappa shape index (κ1) is 20.1. The number of aryl methyl sites for hydroxylation is 2. The van der Waals surface area contributed by atoms with E-state index in [4.69, 9.17) is 9.72 Å². The summed E-state index contributed by atoms with van der Waals surface area (Å²) in [4.78, 5) is 8.37. The van der Waals surface area contributed by atoms with E-state index in [1.165, 1.54) is 33.0 Å². The zero-order chi connectivity index (χ0) is 22.1. The number of nitrogens with zero attached hydrogens (tertiary/aromatic N) is 1. The van der Waals surface area contributed by atoms with E-state index in [0.29, 0.717) is 0 Å². The number of hydrogen-bond acceptors (Lipinski definition) is 3. The highest BCUT2D eigenvalue weighted by atomic mass is 16.5. The number of ether oxygens (including phenoxy) is 1.